The molecule has 1 aromatic carbocycles. The van der Waals surface area contributed by atoms with Gasteiger partial charge in [0.15, 0.2) is 0 Å². The molecule has 24 heavy (non-hydrogen) atoms. The van der Waals surface area contributed by atoms with Gasteiger partial charge in [-0.3, -0.25) is 0 Å². The maximum Gasteiger partial charge on any atom is 0.214 e. The van der Waals surface area contributed by atoms with Gasteiger partial charge in [-0.05, 0) is 24.1 Å². The van der Waals surface area contributed by atoms with Crippen LogP contribution in [0.4, 0.5) is 0 Å². The lowest BCUT2D eigenvalue weighted by Crippen LogP contribution is -2.38. The minimum Gasteiger partial charge on any atom is -0.302 e. The van der Waals surface area contributed by atoms with E-state index in [1.54, 1.807) is 4.31 Å². The molecule has 124 valence electrons. The Bertz CT molecular complexity index is 964. The molecule has 0 atom stereocenters. The summed E-state index contributed by atoms with van der Waals surface area (Å²) in [5.41, 5.74) is 3.93. The van der Waals surface area contributed by atoms with E-state index in [9.17, 15) is 8.42 Å². The number of sulfonamides is 1. The fourth-order valence-corrected chi connectivity index (χ4v) is 4.64. The number of rotatable bonds is 4. The fourth-order valence-electron chi connectivity index (χ4n) is 3.20. The number of hydrogen-bond donors (Lipinski definition) is 0. The van der Waals surface area contributed by atoms with Crippen LogP contribution in [0.3, 0.4) is 0 Å². The molecule has 0 bridgehead atoms. The van der Waals surface area contributed by atoms with Gasteiger partial charge in [0.2, 0.25) is 10.0 Å². The van der Waals surface area contributed by atoms with Crippen LogP contribution in [-0.4, -0.2) is 34.4 Å². The summed E-state index contributed by atoms with van der Waals surface area (Å²) < 4.78 is 29.0. The van der Waals surface area contributed by atoms with Crippen LogP contribution in [0.5, 0.6) is 0 Å². The fraction of sp³-hybridized carbons (Fsp3) is 0.278. The molecule has 0 unspecified atom stereocenters. The number of benzene rings is 1. The highest BCUT2D eigenvalue weighted by molar-refractivity contribution is 7.89. The van der Waals surface area contributed by atoms with E-state index in [1.165, 1.54) is 0 Å². The molecule has 0 aliphatic carbocycles. The topological polar surface area (TPSA) is 54.7 Å². The SMILES string of the molecule is O=S(=O)(CCc1ccccc1)N1CCc2nc3ccccn3c2C1. The first kappa shape index (κ1) is 15.4. The predicted molar refractivity (Wildman–Crippen MR) is 93.2 cm³/mol. The Balaban J connectivity index is 1.55. The molecular weight excluding hydrogens is 322 g/mol. The van der Waals surface area contributed by atoms with Crippen molar-refractivity contribution >= 4 is 15.7 Å². The molecule has 0 amide bonds. The molecule has 1 aliphatic rings. The molecule has 2 aromatic heterocycles. The zero-order valence-corrected chi connectivity index (χ0v) is 14.1. The first-order valence-electron chi connectivity index (χ1n) is 8.10. The molecule has 3 heterocycles. The Kier molecular flexibility index (Phi) is 3.86. The second kappa shape index (κ2) is 6.03. The van der Waals surface area contributed by atoms with Gasteiger partial charge in [-0.1, -0.05) is 36.4 Å². The van der Waals surface area contributed by atoms with Crippen molar-refractivity contribution in [1.82, 2.24) is 13.7 Å². The number of aryl methyl sites for hydroxylation is 1. The van der Waals surface area contributed by atoms with Crippen molar-refractivity contribution in [3.8, 4) is 0 Å². The molecule has 0 saturated carbocycles. The predicted octanol–water partition coefficient (Wildman–Crippen LogP) is 2.26. The van der Waals surface area contributed by atoms with E-state index in [1.807, 2.05) is 59.1 Å². The summed E-state index contributed by atoms with van der Waals surface area (Å²) in [6.45, 7) is 0.908. The van der Waals surface area contributed by atoms with E-state index in [2.05, 4.69) is 4.98 Å². The molecular formula is C18H19N3O2S. The van der Waals surface area contributed by atoms with E-state index >= 15 is 0 Å². The molecule has 1 aliphatic heterocycles. The van der Waals surface area contributed by atoms with Gasteiger partial charge < -0.3 is 4.40 Å². The van der Waals surface area contributed by atoms with Gasteiger partial charge in [-0.15, -0.1) is 0 Å². The molecule has 5 nitrogen and oxygen atoms in total. The van der Waals surface area contributed by atoms with Crippen LogP contribution in [0.1, 0.15) is 17.0 Å². The van der Waals surface area contributed by atoms with E-state index in [0.29, 0.717) is 25.9 Å². The molecule has 0 fully saturated rings. The third-order valence-corrected chi connectivity index (χ3v) is 6.34. The lowest BCUT2D eigenvalue weighted by Gasteiger charge is -2.26. The summed E-state index contributed by atoms with van der Waals surface area (Å²) in [5.74, 6) is 0.142. The first-order chi connectivity index (χ1) is 11.6. The van der Waals surface area contributed by atoms with Crippen molar-refractivity contribution in [2.24, 2.45) is 0 Å². The molecule has 4 rings (SSSR count). The van der Waals surface area contributed by atoms with Crippen molar-refractivity contribution in [2.45, 2.75) is 19.4 Å². The summed E-state index contributed by atoms with van der Waals surface area (Å²) in [7, 11) is -3.28. The van der Waals surface area contributed by atoms with Crippen molar-refractivity contribution in [1.29, 1.82) is 0 Å². The lowest BCUT2D eigenvalue weighted by atomic mass is 10.2. The minimum absolute atomic E-state index is 0.142. The lowest BCUT2D eigenvalue weighted by molar-refractivity contribution is 0.383. The Morgan fingerprint density at radius 1 is 1.04 bits per heavy atom. The number of aromatic nitrogens is 2. The quantitative estimate of drug-likeness (QED) is 0.731. The molecule has 0 spiro atoms. The average molecular weight is 341 g/mol. The summed E-state index contributed by atoms with van der Waals surface area (Å²) in [6.07, 6.45) is 3.16. The number of nitrogens with zero attached hydrogens (tertiary/aromatic N) is 3. The number of pyridine rings is 1. The maximum atomic E-state index is 12.7. The largest absolute Gasteiger partial charge is 0.302 e. The first-order valence-corrected chi connectivity index (χ1v) is 9.71. The van der Waals surface area contributed by atoms with E-state index in [-0.39, 0.29) is 5.75 Å². The molecule has 0 saturated heterocycles. The van der Waals surface area contributed by atoms with Crippen LogP contribution in [0.25, 0.3) is 5.65 Å². The molecule has 6 heteroatoms. The van der Waals surface area contributed by atoms with Gasteiger partial charge in [0.1, 0.15) is 5.65 Å². The number of imidazole rings is 1. The zero-order chi connectivity index (χ0) is 16.6. The highest BCUT2D eigenvalue weighted by Gasteiger charge is 2.29. The van der Waals surface area contributed by atoms with E-state index < -0.39 is 10.0 Å². The van der Waals surface area contributed by atoms with E-state index in [0.717, 1.165) is 22.6 Å². The second-order valence-electron chi connectivity index (χ2n) is 6.07. The van der Waals surface area contributed by atoms with Crippen molar-refractivity contribution in [3.05, 3.63) is 71.7 Å². The van der Waals surface area contributed by atoms with Crippen LogP contribution in [0, 0.1) is 0 Å². The third-order valence-electron chi connectivity index (χ3n) is 4.52. The zero-order valence-electron chi connectivity index (χ0n) is 13.3. The Morgan fingerprint density at radius 2 is 1.83 bits per heavy atom. The van der Waals surface area contributed by atoms with Crippen LogP contribution in [0.2, 0.25) is 0 Å². The van der Waals surface area contributed by atoms with Crippen molar-refractivity contribution < 1.29 is 8.42 Å². The molecule has 0 N–H and O–H groups in total. The van der Waals surface area contributed by atoms with Gasteiger partial charge in [-0.25, -0.2) is 13.4 Å². The van der Waals surface area contributed by atoms with Crippen molar-refractivity contribution in [3.63, 3.8) is 0 Å². The molecule has 3 aromatic rings. The Labute approximate surface area is 141 Å². The van der Waals surface area contributed by atoms with E-state index in [4.69, 9.17) is 0 Å². The maximum absolute atomic E-state index is 12.7. The monoisotopic (exact) mass is 341 g/mol. The van der Waals surface area contributed by atoms with Gasteiger partial charge in [0, 0.05) is 19.2 Å². The van der Waals surface area contributed by atoms with Gasteiger partial charge >= 0.3 is 0 Å². The third kappa shape index (κ3) is 2.83. The van der Waals surface area contributed by atoms with Crippen LogP contribution < -0.4 is 0 Å². The summed E-state index contributed by atoms with van der Waals surface area (Å²) in [4.78, 5) is 4.60. The summed E-state index contributed by atoms with van der Waals surface area (Å²) in [5, 5.41) is 0. The Hall–Kier alpha value is -2.18. The average Bonchev–Trinajstić information content (AvgIpc) is 2.99. The second-order valence-corrected chi connectivity index (χ2v) is 8.16. The summed E-state index contributed by atoms with van der Waals surface area (Å²) >= 11 is 0. The Morgan fingerprint density at radius 3 is 2.67 bits per heavy atom. The minimum atomic E-state index is -3.28. The normalized spacial score (nSPS) is 15.5. The molecule has 0 radical (unpaired) electrons. The summed E-state index contributed by atoms with van der Waals surface area (Å²) in [6, 6.07) is 15.6. The number of hydrogen-bond acceptors (Lipinski definition) is 3. The van der Waals surface area contributed by atoms with Crippen molar-refractivity contribution in [2.75, 3.05) is 12.3 Å². The number of fused-ring (bicyclic) bond motifs is 3. The van der Waals surface area contributed by atoms with Gasteiger partial charge in [-0.2, -0.15) is 4.31 Å². The highest BCUT2D eigenvalue weighted by atomic mass is 32.2. The van der Waals surface area contributed by atoms with Crippen LogP contribution >= 0.6 is 0 Å². The van der Waals surface area contributed by atoms with Crippen LogP contribution in [0.15, 0.2) is 54.7 Å². The standard InChI is InChI=1S/C18H19N3O2S/c22-24(23,13-10-15-6-2-1-3-7-15)20-12-9-16-17(14-20)21-11-5-4-8-18(21)19-16/h1-8,11H,9-10,12-14H2. The smallest absolute Gasteiger partial charge is 0.214 e. The van der Waals surface area contributed by atoms with Gasteiger partial charge in [0.05, 0.1) is 23.7 Å². The highest BCUT2D eigenvalue weighted by Crippen LogP contribution is 2.22. The van der Waals surface area contributed by atoms with Crippen LogP contribution in [-0.2, 0) is 29.4 Å². The van der Waals surface area contributed by atoms with Gasteiger partial charge in [0.25, 0.3) is 0 Å².